The number of fused-ring (bicyclic) bond motifs is 1. The van der Waals surface area contributed by atoms with Crippen molar-refractivity contribution in [1.82, 2.24) is 0 Å². The topological polar surface area (TPSA) is 193 Å². The number of carbonyl (C=O) groups is 4. The van der Waals surface area contributed by atoms with Crippen LogP contribution in [0.5, 0.6) is 23.0 Å². The molecule has 3 aromatic rings. The van der Waals surface area contributed by atoms with Crippen molar-refractivity contribution < 1.29 is 66.6 Å². The smallest absolute Gasteiger partial charge is 0.383 e. The summed E-state index contributed by atoms with van der Waals surface area (Å²) in [6.45, 7) is 3.95. The van der Waals surface area contributed by atoms with E-state index in [-0.39, 0.29) is 23.3 Å². The summed E-state index contributed by atoms with van der Waals surface area (Å²) in [5.41, 5.74) is -0.362. The fourth-order valence-corrected chi connectivity index (χ4v) is 4.64. The maximum atomic E-state index is 12.8. The minimum Gasteiger partial charge on any atom is -0.504 e. The van der Waals surface area contributed by atoms with Crippen molar-refractivity contribution in [2.75, 3.05) is 13.7 Å². The molecule has 1 aliphatic heterocycles. The predicted molar refractivity (Wildman–Crippen MR) is 154 cm³/mol. The van der Waals surface area contributed by atoms with E-state index in [0.29, 0.717) is 11.3 Å². The number of carbonyl (C=O) groups excluding carboxylic acids is 4. The Bertz CT molecular complexity index is 1640. The largest absolute Gasteiger partial charge is 0.504 e. The third-order valence-corrected chi connectivity index (χ3v) is 6.55. The lowest BCUT2D eigenvalue weighted by Crippen LogP contribution is -2.63. The van der Waals surface area contributed by atoms with Gasteiger partial charge < -0.3 is 47.4 Å². The first-order valence-corrected chi connectivity index (χ1v) is 13.9. The summed E-state index contributed by atoms with van der Waals surface area (Å²) in [5.74, 6) is -3.31. The molecule has 46 heavy (non-hydrogen) atoms. The summed E-state index contributed by atoms with van der Waals surface area (Å²) >= 11 is 0. The Morgan fingerprint density at radius 3 is 2.02 bits per heavy atom. The van der Waals surface area contributed by atoms with E-state index in [0.717, 1.165) is 27.7 Å². The molecule has 0 aliphatic carbocycles. The Hall–Kier alpha value is -5.31. The van der Waals surface area contributed by atoms with E-state index >= 15 is 0 Å². The van der Waals surface area contributed by atoms with Gasteiger partial charge in [-0.3, -0.25) is 19.2 Å². The lowest BCUT2D eigenvalue weighted by molar-refractivity contribution is -0.288. The van der Waals surface area contributed by atoms with Gasteiger partial charge in [0.05, 0.1) is 12.5 Å². The minimum absolute atomic E-state index is 0.00264. The van der Waals surface area contributed by atoms with Crippen LogP contribution in [0.1, 0.15) is 33.3 Å². The summed E-state index contributed by atoms with van der Waals surface area (Å²) in [6, 6.07) is 10.9. The highest BCUT2D eigenvalue weighted by Gasteiger charge is 2.53. The second-order valence-electron chi connectivity index (χ2n) is 10.0. The molecule has 0 spiro atoms. The Morgan fingerprint density at radius 1 is 0.804 bits per heavy atom. The molecule has 0 radical (unpaired) electrons. The van der Waals surface area contributed by atoms with Crippen molar-refractivity contribution in [2.45, 2.75) is 65.0 Å². The van der Waals surface area contributed by atoms with E-state index in [1.807, 2.05) is 0 Å². The molecule has 2 aromatic carbocycles. The van der Waals surface area contributed by atoms with Crippen LogP contribution >= 0.6 is 0 Å². The van der Waals surface area contributed by atoms with Crippen molar-refractivity contribution in [1.29, 1.82) is 0 Å². The van der Waals surface area contributed by atoms with Crippen LogP contribution in [0.15, 0.2) is 51.7 Å². The van der Waals surface area contributed by atoms with Crippen molar-refractivity contribution in [3.63, 3.8) is 0 Å². The second-order valence-corrected chi connectivity index (χ2v) is 10.0. The Kier molecular flexibility index (Phi) is 10.7. The van der Waals surface area contributed by atoms with E-state index in [1.54, 1.807) is 24.3 Å². The summed E-state index contributed by atoms with van der Waals surface area (Å²) in [5, 5.41) is 11.0. The van der Waals surface area contributed by atoms with Gasteiger partial charge in [0.2, 0.25) is 18.1 Å². The zero-order valence-corrected chi connectivity index (χ0v) is 25.5. The molecule has 15 heteroatoms. The quantitative estimate of drug-likeness (QED) is 0.182. The third kappa shape index (κ3) is 8.24. The number of esters is 4. The van der Waals surface area contributed by atoms with Gasteiger partial charge in [-0.2, -0.15) is 0 Å². The van der Waals surface area contributed by atoms with Gasteiger partial charge >= 0.3 is 29.5 Å². The van der Waals surface area contributed by atoms with Crippen molar-refractivity contribution in [3.05, 3.63) is 58.4 Å². The van der Waals surface area contributed by atoms with E-state index in [2.05, 4.69) is 0 Å². The number of rotatable bonds is 11. The maximum Gasteiger partial charge on any atom is 0.383 e. The number of benzene rings is 2. The molecule has 0 saturated carbocycles. The Balaban J connectivity index is 1.64. The van der Waals surface area contributed by atoms with Gasteiger partial charge in [-0.1, -0.05) is 12.1 Å². The first-order valence-electron chi connectivity index (χ1n) is 13.9. The summed E-state index contributed by atoms with van der Waals surface area (Å²) in [6.07, 6.45) is -7.05. The number of methoxy groups -OCH3 is 1. The van der Waals surface area contributed by atoms with E-state index in [4.69, 9.17) is 42.3 Å². The summed E-state index contributed by atoms with van der Waals surface area (Å²) in [4.78, 5) is 60.4. The van der Waals surface area contributed by atoms with Crippen LogP contribution in [-0.2, 0) is 49.5 Å². The minimum atomic E-state index is -1.52. The monoisotopic (exact) mass is 644 g/mol. The fourth-order valence-electron chi connectivity index (χ4n) is 4.64. The van der Waals surface area contributed by atoms with Crippen molar-refractivity contribution >= 4 is 34.8 Å². The van der Waals surface area contributed by atoms with Gasteiger partial charge in [0, 0.05) is 33.8 Å². The van der Waals surface area contributed by atoms with Gasteiger partial charge in [-0.15, -0.1) is 0 Å². The standard InChI is InChI=1S/C31H32O15/c1-15(32)39-14-24-26(41-16(2)33)28(42-17(3)34)29(43-18(4)35)31(46-24)44-21-10-11-22-23(12-21)45-30(37)27(25(22)36)40-13-19-6-8-20(38-5)9-7-19/h6-12,24,26,28-29,31,36H,13-14H2,1-5H3/t24-,26+,28+,29-,31-/m1/s1. The molecule has 0 bridgehead atoms. The van der Waals surface area contributed by atoms with Gasteiger partial charge in [-0.05, 0) is 29.8 Å². The predicted octanol–water partition coefficient (Wildman–Crippen LogP) is 2.55. The molecule has 4 rings (SSSR count). The van der Waals surface area contributed by atoms with Crippen LogP contribution in [0.3, 0.4) is 0 Å². The first-order chi connectivity index (χ1) is 21.9. The normalized spacial score (nSPS) is 20.7. The number of hydrogen-bond acceptors (Lipinski definition) is 15. The Morgan fingerprint density at radius 2 is 1.41 bits per heavy atom. The highest BCUT2D eigenvalue weighted by molar-refractivity contribution is 5.86. The van der Waals surface area contributed by atoms with Gasteiger partial charge in [0.25, 0.3) is 0 Å². The summed E-state index contributed by atoms with van der Waals surface area (Å²) < 4.78 is 49.1. The molecule has 15 nitrogen and oxygen atoms in total. The molecule has 1 saturated heterocycles. The third-order valence-electron chi connectivity index (χ3n) is 6.55. The molecule has 5 atom stereocenters. The van der Waals surface area contributed by atoms with Crippen LogP contribution in [-0.4, -0.2) is 73.4 Å². The van der Waals surface area contributed by atoms with E-state index in [1.165, 1.54) is 25.3 Å². The van der Waals surface area contributed by atoms with Gasteiger partial charge in [0.15, 0.2) is 18.0 Å². The van der Waals surface area contributed by atoms with Crippen molar-refractivity contribution in [3.8, 4) is 23.0 Å². The fraction of sp³-hybridized carbons (Fsp3) is 0.387. The maximum absolute atomic E-state index is 12.8. The zero-order chi connectivity index (χ0) is 33.5. The molecule has 1 aromatic heterocycles. The molecule has 1 N–H and O–H groups in total. The molecule has 1 aliphatic rings. The molecular weight excluding hydrogens is 612 g/mol. The van der Waals surface area contributed by atoms with Crippen molar-refractivity contribution in [2.24, 2.45) is 0 Å². The SMILES string of the molecule is COc1ccc(COc2c(O)c3ccc(O[C@@H]4O[C@H](COC(C)=O)[C@H](OC(C)=O)[C@H](OC(C)=O)[C@H]4OC(C)=O)cc3oc2=O)cc1. The summed E-state index contributed by atoms with van der Waals surface area (Å²) in [7, 11) is 1.53. The molecule has 0 unspecified atom stereocenters. The lowest BCUT2D eigenvalue weighted by Gasteiger charge is -2.43. The van der Waals surface area contributed by atoms with Gasteiger partial charge in [0.1, 0.15) is 36.4 Å². The number of ether oxygens (including phenoxy) is 8. The molecule has 1 fully saturated rings. The number of aromatic hydroxyl groups is 1. The molecule has 246 valence electrons. The lowest BCUT2D eigenvalue weighted by atomic mass is 9.98. The van der Waals surface area contributed by atoms with E-state index in [9.17, 15) is 29.1 Å². The number of hydrogen-bond donors (Lipinski definition) is 1. The van der Waals surface area contributed by atoms with Crippen LogP contribution < -0.4 is 19.8 Å². The van der Waals surface area contributed by atoms with Crippen LogP contribution in [0.4, 0.5) is 0 Å². The molecular formula is C31H32O15. The highest BCUT2D eigenvalue weighted by atomic mass is 16.7. The van der Waals surface area contributed by atoms with Crippen LogP contribution in [0.2, 0.25) is 0 Å². The highest BCUT2D eigenvalue weighted by Crippen LogP contribution is 2.36. The van der Waals surface area contributed by atoms with E-state index < -0.39 is 78.3 Å². The zero-order valence-electron chi connectivity index (χ0n) is 25.5. The van der Waals surface area contributed by atoms with Crippen LogP contribution in [0.25, 0.3) is 11.0 Å². The van der Waals surface area contributed by atoms with Gasteiger partial charge in [-0.25, -0.2) is 4.79 Å². The first kappa shape index (κ1) is 33.6. The molecule has 0 amide bonds. The Labute approximate surface area is 261 Å². The van der Waals surface area contributed by atoms with Crippen LogP contribution in [0, 0.1) is 0 Å². The average Bonchev–Trinajstić information content (AvgIpc) is 2.98. The average molecular weight is 645 g/mol. The second kappa shape index (κ2) is 14.6. The molecule has 2 heterocycles.